The molecule has 0 spiro atoms. The second-order valence-corrected chi connectivity index (χ2v) is 9.22. The monoisotopic (exact) mass is 451 g/mol. The third kappa shape index (κ3) is 6.85. The van der Waals surface area contributed by atoms with Crippen LogP contribution in [-0.2, 0) is 4.79 Å². The maximum atomic E-state index is 12.2. The zero-order chi connectivity index (χ0) is 24.6. The lowest BCUT2D eigenvalue weighted by atomic mass is 9.72. The predicted octanol–water partition coefficient (Wildman–Crippen LogP) is 7.25. The largest absolute Gasteiger partial charge is 0.323 e. The highest BCUT2D eigenvalue weighted by Gasteiger charge is 2.27. The van der Waals surface area contributed by atoms with Crippen LogP contribution in [0.2, 0.25) is 0 Å². The van der Waals surface area contributed by atoms with Crippen LogP contribution in [-0.4, -0.2) is 15.9 Å². The minimum absolute atomic E-state index is 0.0568. The average molecular weight is 452 g/mol. The zero-order valence-corrected chi connectivity index (χ0v) is 20.7. The molecule has 34 heavy (non-hydrogen) atoms. The molecule has 0 bridgehead atoms. The summed E-state index contributed by atoms with van der Waals surface area (Å²) in [6.45, 7) is 10.7. The molecule has 174 valence electrons. The van der Waals surface area contributed by atoms with Gasteiger partial charge in [-0.1, -0.05) is 74.1 Å². The molecule has 0 atom stereocenters. The van der Waals surface area contributed by atoms with Crippen LogP contribution in [0.15, 0.2) is 114 Å². The summed E-state index contributed by atoms with van der Waals surface area (Å²) in [5, 5.41) is 2.86. The van der Waals surface area contributed by atoms with Gasteiger partial charge in [0.25, 0.3) is 0 Å². The maximum Gasteiger partial charge on any atom is 0.248 e. The molecule has 1 amide bonds. The molecule has 0 radical (unpaired) electrons. The van der Waals surface area contributed by atoms with Crippen LogP contribution in [0.25, 0.3) is 5.57 Å². The summed E-state index contributed by atoms with van der Waals surface area (Å²) in [5.41, 5.74) is 7.69. The van der Waals surface area contributed by atoms with Gasteiger partial charge in [0.2, 0.25) is 5.91 Å². The topological polar surface area (TPSA) is 54.9 Å². The Bertz CT molecular complexity index is 1190. The lowest BCUT2D eigenvalue weighted by Gasteiger charge is -2.32. The molecule has 4 heteroatoms. The summed E-state index contributed by atoms with van der Waals surface area (Å²) in [4.78, 5) is 20.5. The number of anilines is 1. The van der Waals surface area contributed by atoms with E-state index in [1.165, 1.54) is 16.7 Å². The van der Waals surface area contributed by atoms with Gasteiger partial charge in [0.1, 0.15) is 6.33 Å². The van der Waals surface area contributed by atoms with E-state index in [0.29, 0.717) is 0 Å². The standard InChI is InChI=1S/C30H33N3O/c1-22(10-9-11-23(2)18-29(34)33-26-12-7-6-8-13-26)14-15-28-24(3)27(16-17-30(28,4)5)25-19-31-21-32-20-25/h6-16,18-21H,17H2,1-5H3,(H,33,34)/b11-9+,15-14+,22-10+,23-18-. The van der Waals surface area contributed by atoms with Crippen LogP contribution in [0, 0.1) is 5.41 Å². The highest BCUT2D eigenvalue weighted by Crippen LogP contribution is 2.43. The van der Waals surface area contributed by atoms with E-state index in [1.807, 2.05) is 61.8 Å². The van der Waals surface area contributed by atoms with Crippen molar-refractivity contribution in [3.63, 3.8) is 0 Å². The molecule has 1 aromatic heterocycles. The van der Waals surface area contributed by atoms with E-state index in [-0.39, 0.29) is 11.3 Å². The van der Waals surface area contributed by atoms with Gasteiger partial charge in [0.15, 0.2) is 0 Å². The number of carbonyl (C=O) groups is 1. The Labute approximate surface area is 203 Å². The van der Waals surface area contributed by atoms with Crippen molar-refractivity contribution in [3.05, 3.63) is 119 Å². The Balaban J connectivity index is 1.69. The first-order chi connectivity index (χ1) is 16.3. The first-order valence-electron chi connectivity index (χ1n) is 11.5. The number of para-hydroxylation sites is 1. The van der Waals surface area contributed by atoms with E-state index >= 15 is 0 Å². The third-order valence-corrected chi connectivity index (χ3v) is 5.86. The van der Waals surface area contributed by atoms with Crippen LogP contribution >= 0.6 is 0 Å². The quantitative estimate of drug-likeness (QED) is 0.356. The Morgan fingerprint density at radius 3 is 2.44 bits per heavy atom. The molecule has 2 aromatic rings. The lowest BCUT2D eigenvalue weighted by Crippen LogP contribution is -2.18. The van der Waals surface area contributed by atoms with Gasteiger partial charge in [-0.3, -0.25) is 4.79 Å². The molecular weight excluding hydrogens is 418 g/mol. The van der Waals surface area contributed by atoms with E-state index in [9.17, 15) is 4.79 Å². The SMILES string of the molecule is CC1=C(/C=C/C(C)=C/C=C/C(C)=C\C(=O)Nc2ccccc2)C(C)(C)CC=C1c1cncnc1. The molecule has 1 aliphatic carbocycles. The average Bonchev–Trinajstić information content (AvgIpc) is 2.79. The Kier molecular flexibility index (Phi) is 8.31. The van der Waals surface area contributed by atoms with E-state index in [1.54, 1.807) is 12.4 Å². The van der Waals surface area contributed by atoms with Gasteiger partial charge in [-0.25, -0.2) is 9.97 Å². The second-order valence-electron chi connectivity index (χ2n) is 9.22. The number of aromatic nitrogens is 2. The van der Waals surface area contributed by atoms with Crippen molar-refractivity contribution in [2.75, 3.05) is 5.32 Å². The summed E-state index contributed by atoms with van der Waals surface area (Å²) < 4.78 is 0. The number of nitrogens with zero attached hydrogens (tertiary/aromatic N) is 2. The number of allylic oxidation sites excluding steroid dienone is 11. The van der Waals surface area contributed by atoms with E-state index in [2.05, 4.69) is 67.3 Å². The number of benzene rings is 1. The van der Waals surface area contributed by atoms with Crippen LogP contribution in [0.5, 0.6) is 0 Å². The molecule has 1 heterocycles. The van der Waals surface area contributed by atoms with Crippen molar-refractivity contribution >= 4 is 17.2 Å². The first kappa shape index (κ1) is 24.8. The van der Waals surface area contributed by atoms with Crippen LogP contribution in [0.3, 0.4) is 0 Å². The van der Waals surface area contributed by atoms with Crippen LogP contribution in [0.1, 0.15) is 46.6 Å². The van der Waals surface area contributed by atoms with Crippen molar-refractivity contribution in [3.8, 4) is 0 Å². The number of hydrogen-bond donors (Lipinski definition) is 1. The minimum Gasteiger partial charge on any atom is -0.323 e. The molecule has 0 fully saturated rings. The smallest absolute Gasteiger partial charge is 0.248 e. The third-order valence-electron chi connectivity index (χ3n) is 5.86. The summed E-state index contributed by atoms with van der Waals surface area (Å²) in [6, 6.07) is 9.45. The molecule has 1 aromatic carbocycles. The van der Waals surface area contributed by atoms with Crippen molar-refractivity contribution in [2.45, 2.75) is 41.0 Å². The number of rotatable bonds is 7. The van der Waals surface area contributed by atoms with Gasteiger partial charge in [-0.05, 0) is 67.0 Å². The number of carbonyl (C=O) groups excluding carboxylic acids is 1. The van der Waals surface area contributed by atoms with Gasteiger partial charge < -0.3 is 5.32 Å². The second kappa shape index (κ2) is 11.4. The summed E-state index contributed by atoms with van der Waals surface area (Å²) in [6.07, 6.45) is 20.5. The minimum atomic E-state index is -0.136. The molecular formula is C30H33N3O. The summed E-state index contributed by atoms with van der Waals surface area (Å²) in [7, 11) is 0. The summed E-state index contributed by atoms with van der Waals surface area (Å²) in [5.74, 6) is -0.136. The fourth-order valence-electron chi connectivity index (χ4n) is 3.97. The highest BCUT2D eigenvalue weighted by atomic mass is 16.1. The lowest BCUT2D eigenvalue weighted by molar-refractivity contribution is -0.111. The Morgan fingerprint density at radius 1 is 1.03 bits per heavy atom. The van der Waals surface area contributed by atoms with Gasteiger partial charge in [0, 0.05) is 29.7 Å². The highest BCUT2D eigenvalue weighted by molar-refractivity contribution is 5.99. The molecule has 3 rings (SSSR count). The molecule has 1 aliphatic rings. The van der Waals surface area contributed by atoms with E-state index in [4.69, 9.17) is 0 Å². The van der Waals surface area contributed by atoms with E-state index < -0.39 is 0 Å². The summed E-state index contributed by atoms with van der Waals surface area (Å²) >= 11 is 0. The molecule has 0 aliphatic heterocycles. The Morgan fingerprint density at radius 2 is 1.74 bits per heavy atom. The zero-order valence-electron chi connectivity index (χ0n) is 20.7. The fourth-order valence-corrected chi connectivity index (χ4v) is 3.97. The normalized spacial score (nSPS) is 16.8. The van der Waals surface area contributed by atoms with Crippen LogP contribution < -0.4 is 5.32 Å². The fraction of sp³-hybridized carbons (Fsp3) is 0.233. The van der Waals surface area contributed by atoms with Gasteiger partial charge >= 0.3 is 0 Å². The molecule has 0 unspecified atom stereocenters. The Hall–Kier alpha value is -3.79. The molecule has 4 nitrogen and oxygen atoms in total. The van der Waals surface area contributed by atoms with Crippen molar-refractivity contribution < 1.29 is 4.79 Å². The van der Waals surface area contributed by atoms with Crippen molar-refractivity contribution in [2.24, 2.45) is 5.41 Å². The molecule has 1 N–H and O–H groups in total. The van der Waals surface area contributed by atoms with Gasteiger partial charge in [-0.2, -0.15) is 0 Å². The maximum absolute atomic E-state index is 12.2. The first-order valence-corrected chi connectivity index (χ1v) is 11.5. The van der Waals surface area contributed by atoms with E-state index in [0.717, 1.165) is 28.8 Å². The van der Waals surface area contributed by atoms with Crippen molar-refractivity contribution in [1.82, 2.24) is 9.97 Å². The number of hydrogen-bond acceptors (Lipinski definition) is 3. The number of nitrogens with one attached hydrogen (secondary N) is 1. The molecule has 0 saturated carbocycles. The van der Waals surface area contributed by atoms with Gasteiger partial charge in [-0.15, -0.1) is 0 Å². The predicted molar refractivity (Wildman–Crippen MR) is 142 cm³/mol. The number of amides is 1. The van der Waals surface area contributed by atoms with Gasteiger partial charge in [0.05, 0.1) is 0 Å². The van der Waals surface area contributed by atoms with Crippen LogP contribution in [0.4, 0.5) is 5.69 Å². The van der Waals surface area contributed by atoms with Crippen molar-refractivity contribution in [1.29, 1.82) is 0 Å². The molecule has 0 saturated heterocycles.